The van der Waals surface area contributed by atoms with E-state index in [4.69, 9.17) is 0 Å². The Labute approximate surface area is 50.9 Å². The van der Waals surface area contributed by atoms with Gasteiger partial charge in [-0.3, -0.25) is 0 Å². The highest BCUT2D eigenvalue weighted by Crippen LogP contribution is 2.23. The van der Waals surface area contributed by atoms with Gasteiger partial charge in [0.2, 0.25) is 0 Å². The molecule has 0 atom stereocenters. The number of alkyl halides is 4. The maximum absolute atomic E-state index is 11.4. The first kappa shape index (κ1) is 8.72. The molecule has 0 spiro atoms. The fourth-order valence-electron chi connectivity index (χ4n) is 0.404. The Kier molecular flexibility index (Phi) is 3.58. The second-order valence-electron chi connectivity index (χ2n) is 1.53. The molecule has 0 rings (SSSR count). The quantitative estimate of drug-likeness (QED) is 0.532. The molecule has 0 heterocycles. The third-order valence-corrected chi connectivity index (χ3v) is 0.969. The van der Waals surface area contributed by atoms with Crippen LogP contribution in [0.2, 0.25) is 0 Å². The third-order valence-electron chi connectivity index (χ3n) is 0.969. The molecular weight excluding hydrogens is 136 g/mol. The summed E-state index contributed by atoms with van der Waals surface area (Å²) < 4.78 is 45.7. The van der Waals surface area contributed by atoms with Crippen LogP contribution in [0, 0.1) is 5.92 Å². The van der Waals surface area contributed by atoms with Crippen molar-refractivity contribution in [2.75, 3.05) is 0 Å². The lowest BCUT2D eigenvalue weighted by Crippen LogP contribution is -2.16. The van der Waals surface area contributed by atoms with Crippen LogP contribution in [0.25, 0.3) is 0 Å². The van der Waals surface area contributed by atoms with Gasteiger partial charge in [-0.2, -0.15) is 0 Å². The van der Waals surface area contributed by atoms with Crippen LogP contribution in [-0.4, -0.2) is 12.9 Å². The number of hydrogen-bond acceptors (Lipinski definition) is 0. The van der Waals surface area contributed by atoms with Crippen molar-refractivity contribution < 1.29 is 17.6 Å². The average molecular weight is 143 g/mol. The van der Waals surface area contributed by atoms with E-state index in [-0.39, 0.29) is 6.42 Å². The van der Waals surface area contributed by atoms with Crippen LogP contribution in [0.3, 0.4) is 0 Å². The van der Waals surface area contributed by atoms with Gasteiger partial charge in [-0.25, -0.2) is 17.6 Å². The first-order valence-corrected chi connectivity index (χ1v) is 2.51. The van der Waals surface area contributed by atoms with Crippen LogP contribution < -0.4 is 0 Å². The van der Waals surface area contributed by atoms with Crippen LogP contribution in [0.4, 0.5) is 17.6 Å². The van der Waals surface area contributed by atoms with E-state index in [0.717, 1.165) is 0 Å². The third kappa shape index (κ3) is 2.67. The van der Waals surface area contributed by atoms with E-state index in [2.05, 4.69) is 0 Å². The van der Waals surface area contributed by atoms with E-state index in [1.807, 2.05) is 0 Å². The lowest BCUT2D eigenvalue weighted by atomic mass is 10.1. The van der Waals surface area contributed by atoms with Gasteiger partial charge in [0.15, 0.2) is 0 Å². The van der Waals surface area contributed by atoms with Crippen LogP contribution in [0.1, 0.15) is 13.3 Å². The highest BCUT2D eigenvalue weighted by Gasteiger charge is 2.28. The second kappa shape index (κ2) is 3.69. The fourth-order valence-corrected chi connectivity index (χ4v) is 0.404. The van der Waals surface area contributed by atoms with Crippen LogP contribution >= 0.6 is 0 Å². The molecule has 0 saturated heterocycles. The van der Waals surface area contributed by atoms with E-state index >= 15 is 0 Å². The van der Waals surface area contributed by atoms with Gasteiger partial charge in [0, 0.05) is 0 Å². The summed E-state index contributed by atoms with van der Waals surface area (Å²) in [5.74, 6) is -0.977. The van der Waals surface area contributed by atoms with Gasteiger partial charge >= 0.3 is 0 Å². The predicted molar refractivity (Wildman–Crippen MR) is 25.5 cm³/mol. The van der Waals surface area contributed by atoms with Gasteiger partial charge in [0.05, 0.1) is 0 Å². The molecule has 0 fully saturated rings. The molecular formula is C5H7F4. The summed E-state index contributed by atoms with van der Waals surface area (Å²) in [6.45, 7) is 1.29. The zero-order valence-electron chi connectivity index (χ0n) is 4.87. The molecule has 0 aromatic carbocycles. The van der Waals surface area contributed by atoms with Crippen LogP contribution in [0.5, 0.6) is 0 Å². The highest BCUT2D eigenvalue weighted by atomic mass is 19.3. The Balaban J connectivity index is 3.68. The minimum absolute atomic E-state index is 0.255. The Morgan fingerprint density at radius 3 is 1.44 bits per heavy atom. The predicted octanol–water partition coefficient (Wildman–Crippen LogP) is 2.50. The molecule has 0 unspecified atom stereocenters. The van der Waals surface area contributed by atoms with E-state index in [1.54, 1.807) is 0 Å². The van der Waals surface area contributed by atoms with Gasteiger partial charge in [-0.1, -0.05) is 6.92 Å². The van der Waals surface area contributed by atoms with Crippen molar-refractivity contribution in [3.8, 4) is 0 Å². The van der Waals surface area contributed by atoms with Gasteiger partial charge in [-0.05, 0) is 6.42 Å². The molecule has 4 heteroatoms. The summed E-state index contributed by atoms with van der Waals surface area (Å²) in [5, 5.41) is 0. The minimum Gasteiger partial charge on any atom is -0.210 e. The second-order valence-corrected chi connectivity index (χ2v) is 1.53. The van der Waals surface area contributed by atoms with Crippen molar-refractivity contribution in [3.05, 3.63) is 5.92 Å². The van der Waals surface area contributed by atoms with Crippen molar-refractivity contribution in [2.24, 2.45) is 0 Å². The molecule has 0 aliphatic carbocycles. The van der Waals surface area contributed by atoms with Gasteiger partial charge in [-0.15, -0.1) is 0 Å². The SMILES string of the molecule is CC[C](C(F)F)C(F)F. The van der Waals surface area contributed by atoms with Crippen molar-refractivity contribution in [3.63, 3.8) is 0 Å². The highest BCUT2D eigenvalue weighted by molar-refractivity contribution is 4.93. The van der Waals surface area contributed by atoms with E-state index in [0.29, 0.717) is 0 Å². The lowest BCUT2D eigenvalue weighted by molar-refractivity contribution is 0.0678. The van der Waals surface area contributed by atoms with Crippen molar-refractivity contribution in [1.29, 1.82) is 0 Å². The summed E-state index contributed by atoms with van der Waals surface area (Å²) in [5.41, 5.74) is 0. The number of rotatable bonds is 3. The molecule has 0 bridgehead atoms. The van der Waals surface area contributed by atoms with Gasteiger partial charge < -0.3 is 0 Å². The average Bonchev–Trinajstić information content (AvgIpc) is 1.64. The molecule has 0 aromatic rings. The fraction of sp³-hybridized carbons (Fsp3) is 0.800. The zero-order chi connectivity index (χ0) is 7.44. The number of hydrogen-bond donors (Lipinski definition) is 0. The van der Waals surface area contributed by atoms with Crippen LogP contribution in [-0.2, 0) is 0 Å². The Morgan fingerprint density at radius 2 is 1.44 bits per heavy atom. The molecule has 0 aliphatic heterocycles. The molecule has 1 radical (unpaired) electrons. The first-order valence-electron chi connectivity index (χ1n) is 2.51. The standard InChI is InChI=1S/C5H7F4/c1-2-3(4(6)7)5(8)9/h4-5H,2H2,1H3. The molecule has 0 N–H and O–H groups in total. The number of halogens is 4. The Bertz CT molecular complexity index is 63.4. The zero-order valence-corrected chi connectivity index (χ0v) is 4.87. The lowest BCUT2D eigenvalue weighted by Gasteiger charge is -2.09. The molecule has 9 heavy (non-hydrogen) atoms. The monoisotopic (exact) mass is 143 g/mol. The smallest absolute Gasteiger partial charge is 0.210 e. The summed E-state index contributed by atoms with van der Waals surface area (Å²) in [4.78, 5) is 0. The van der Waals surface area contributed by atoms with Crippen molar-refractivity contribution in [1.82, 2.24) is 0 Å². The first-order chi connectivity index (χ1) is 4.09. The molecule has 0 nitrogen and oxygen atoms in total. The summed E-state index contributed by atoms with van der Waals surface area (Å²) in [7, 11) is 0. The minimum atomic E-state index is -2.98. The normalized spacial score (nSPS) is 12.0. The van der Waals surface area contributed by atoms with Crippen molar-refractivity contribution >= 4 is 0 Å². The summed E-state index contributed by atoms with van der Waals surface area (Å²) in [6.07, 6.45) is -6.21. The molecule has 0 aliphatic rings. The van der Waals surface area contributed by atoms with Gasteiger partial charge in [0.25, 0.3) is 12.9 Å². The summed E-state index contributed by atoms with van der Waals surface area (Å²) >= 11 is 0. The topological polar surface area (TPSA) is 0 Å². The molecule has 55 valence electrons. The maximum Gasteiger partial charge on any atom is 0.250 e. The molecule has 0 aromatic heterocycles. The molecule has 0 amide bonds. The largest absolute Gasteiger partial charge is 0.250 e. The molecule has 0 saturated carbocycles. The Morgan fingerprint density at radius 1 is 1.11 bits per heavy atom. The maximum atomic E-state index is 11.4. The van der Waals surface area contributed by atoms with Gasteiger partial charge in [0.1, 0.15) is 5.92 Å². The summed E-state index contributed by atoms with van der Waals surface area (Å²) in [6, 6.07) is 0. The van der Waals surface area contributed by atoms with Crippen molar-refractivity contribution in [2.45, 2.75) is 26.2 Å². The Hall–Kier alpha value is -0.280. The van der Waals surface area contributed by atoms with E-state index < -0.39 is 18.8 Å². The van der Waals surface area contributed by atoms with Crippen LogP contribution in [0.15, 0.2) is 0 Å². The van der Waals surface area contributed by atoms with E-state index in [9.17, 15) is 17.6 Å². The van der Waals surface area contributed by atoms with E-state index in [1.165, 1.54) is 6.92 Å².